The van der Waals surface area contributed by atoms with Crippen LogP contribution >= 0.6 is 0 Å². The van der Waals surface area contributed by atoms with E-state index in [4.69, 9.17) is 4.74 Å². The van der Waals surface area contributed by atoms with E-state index in [-0.39, 0.29) is 18.4 Å². The summed E-state index contributed by atoms with van der Waals surface area (Å²) in [6, 6.07) is 1.84. The number of piperazine rings is 1. The topological polar surface area (TPSA) is 54.8 Å². The largest absolute Gasteiger partial charge is 0.461 e. The van der Waals surface area contributed by atoms with E-state index >= 15 is 0 Å². The number of carbonyl (C=O) groups excluding carboxylic acids is 2. The summed E-state index contributed by atoms with van der Waals surface area (Å²) in [5.41, 5.74) is 1.30. The second-order valence-corrected chi connectivity index (χ2v) is 5.38. The molecule has 0 aromatic carbocycles. The van der Waals surface area contributed by atoms with Gasteiger partial charge in [0.25, 0.3) is 0 Å². The number of hydrogen-bond donors (Lipinski definition) is 0. The van der Waals surface area contributed by atoms with Crippen LogP contribution < -0.4 is 0 Å². The van der Waals surface area contributed by atoms with Crippen molar-refractivity contribution in [3.05, 3.63) is 23.5 Å². The van der Waals surface area contributed by atoms with Gasteiger partial charge in [0.1, 0.15) is 12.2 Å². The van der Waals surface area contributed by atoms with Gasteiger partial charge in [-0.2, -0.15) is 0 Å². The Morgan fingerprint density at radius 1 is 1.24 bits per heavy atom. The summed E-state index contributed by atoms with van der Waals surface area (Å²) in [5.74, 6) is -0.324. The van der Waals surface area contributed by atoms with E-state index in [0.29, 0.717) is 12.3 Å². The van der Waals surface area contributed by atoms with Crippen molar-refractivity contribution in [2.45, 2.75) is 20.4 Å². The molecule has 2 heterocycles. The van der Waals surface area contributed by atoms with Crippen LogP contribution in [0.2, 0.25) is 0 Å². The maximum Gasteiger partial charge on any atom is 0.355 e. The summed E-state index contributed by atoms with van der Waals surface area (Å²) in [6.45, 7) is 7.40. The van der Waals surface area contributed by atoms with Crippen LogP contribution in [0.3, 0.4) is 0 Å². The van der Waals surface area contributed by atoms with Crippen LogP contribution in [0.1, 0.15) is 23.0 Å². The summed E-state index contributed by atoms with van der Waals surface area (Å²) in [5, 5.41) is 0. The van der Waals surface area contributed by atoms with Crippen LogP contribution in [0.15, 0.2) is 12.3 Å². The molecule has 1 amide bonds. The summed E-state index contributed by atoms with van der Waals surface area (Å²) in [4.78, 5) is 28.4. The number of amides is 1. The molecule has 1 aliphatic heterocycles. The maximum atomic E-state index is 12.4. The Morgan fingerprint density at radius 2 is 1.90 bits per heavy atom. The molecule has 1 fully saturated rings. The lowest BCUT2D eigenvalue weighted by molar-refractivity contribution is -0.133. The first kappa shape index (κ1) is 15.6. The number of esters is 1. The number of ether oxygens (including phenoxy) is 1. The van der Waals surface area contributed by atoms with Gasteiger partial charge in [0.05, 0.1) is 6.61 Å². The molecule has 0 aliphatic carbocycles. The van der Waals surface area contributed by atoms with Crippen LogP contribution in [-0.2, 0) is 16.1 Å². The minimum absolute atomic E-state index is 0.0456. The van der Waals surface area contributed by atoms with Gasteiger partial charge in [-0.3, -0.25) is 4.79 Å². The van der Waals surface area contributed by atoms with E-state index in [0.717, 1.165) is 31.7 Å². The van der Waals surface area contributed by atoms with E-state index in [2.05, 4.69) is 11.9 Å². The first-order valence-corrected chi connectivity index (χ1v) is 7.32. The van der Waals surface area contributed by atoms with E-state index in [1.54, 1.807) is 17.7 Å². The van der Waals surface area contributed by atoms with Crippen molar-refractivity contribution in [3.63, 3.8) is 0 Å². The first-order chi connectivity index (χ1) is 10.0. The van der Waals surface area contributed by atoms with Crippen LogP contribution in [0.25, 0.3) is 0 Å². The second-order valence-electron chi connectivity index (χ2n) is 5.38. The van der Waals surface area contributed by atoms with Crippen molar-refractivity contribution in [1.29, 1.82) is 0 Å². The molecule has 1 aromatic heterocycles. The number of aromatic nitrogens is 1. The molecule has 0 atom stereocenters. The SMILES string of the molecule is CCOC(=O)c1c(C)ccn1CC(=O)N1CCN(C)CC1. The first-order valence-electron chi connectivity index (χ1n) is 7.32. The van der Waals surface area contributed by atoms with Crippen molar-refractivity contribution in [1.82, 2.24) is 14.4 Å². The molecule has 0 bridgehead atoms. The van der Waals surface area contributed by atoms with Crippen molar-refractivity contribution < 1.29 is 14.3 Å². The molecule has 0 saturated carbocycles. The number of hydrogen-bond acceptors (Lipinski definition) is 4. The Bertz CT molecular complexity index is 516. The van der Waals surface area contributed by atoms with Gasteiger partial charge in [-0.05, 0) is 32.5 Å². The van der Waals surface area contributed by atoms with E-state index in [1.165, 1.54) is 0 Å². The highest BCUT2D eigenvalue weighted by Crippen LogP contribution is 2.13. The van der Waals surface area contributed by atoms with Gasteiger partial charge in [0.2, 0.25) is 5.91 Å². The summed E-state index contributed by atoms with van der Waals surface area (Å²) >= 11 is 0. The Labute approximate surface area is 125 Å². The van der Waals surface area contributed by atoms with Gasteiger partial charge in [-0.15, -0.1) is 0 Å². The van der Waals surface area contributed by atoms with Crippen LogP contribution in [-0.4, -0.2) is 66.1 Å². The minimum Gasteiger partial charge on any atom is -0.461 e. The van der Waals surface area contributed by atoms with Gasteiger partial charge in [-0.1, -0.05) is 0 Å². The molecule has 6 heteroatoms. The number of aryl methyl sites for hydroxylation is 1. The highest BCUT2D eigenvalue weighted by molar-refractivity contribution is 5.90. The third kappa shape index (κ3) is 3.64. The molecule has 6 nitrogen and oxygen atoms in total. The fourth-order valence-electron chi connectivity index (χ4n) is 2.49. The Kier molecular flexibility index (Phi) is 5.01. The van der Waals surface area contributed by atoms with Gasteiger partial charge in [-0.25, -0.2) is 4.79 Å². The van der Waals surface area contributed by atoms with E-state index in [1.807, 2.05) is 17.9 Å². The van der Waals surface area contributed by atoms with Crippen LogP contribution in [0.4, 0.5) is 0 Å². The molecular weight excluding hydrogens is 270 g/mol. The van der Waals surface area contributed by atoms with Crippen LogP contribution in [0.5, 0.6) is 0 Å². The zero-order chi connectivity index (χ0) is 15.4. The molecule has 0 unspecified atom stereocenters. The average Bonchev–Trinajstić information content (AvgIpc) is 2.80. The molecule has 1 aromatic rings. The fraction of sp³-hybridized carbons (Fsp3) is 0.600. The number of carbonyl (C=O) groups is 2. The molecular formula is C15H23N3O3. The van der Waals surface area contributed by atoms with Gasteiger partial charge < -0.3 is 19.1 Å². The number of likely N-dealkylation sites (N-methyl/N-ethyl adjacent to an activating group) is 1. The monoisotopic (exact) mass is 293 g/mol. The summed E-state index contributed by atoms with van der Waals surface area (Å²) in [7, 11) is 2.05. The zero-order valence-electron chi connectivity index (χ0n) is 13.0. The summed E-state index contributed by atoms with van der Waals surface area (Å²) in [6.07, 6.45) is 1.77. The Morgan fingerprint density at radius 3 is 2.52 bits per heavy atom. The van der Waals surface area contributed by atoms with Crippen LogP contribution in [0, 0.1) is 6.92 Å². The number of rotatable bonds is 4. The normalized spacial score (nSPS) is 16.0. The zero-order valence-corrected chi connectivity index (χ0v) is 13.0. The van der Waals surface area contributed by atoms with Gasteiger partial charge in [0.15, 0.2) is 0 Å². The average molecular weight is 293 g/mol. The highest BCUT2D eigenvalue weighted by Gasteiger charge is 2.22. The number of nitrogens with zero attached hydrogens (tertiary/aromatic N) is 3. The van der Waals surface area contributed by atoms with E-state index in [9.17, 15) is 9.59 Å². The molecule has 116 valence electrons. The molecule has 21 heavy (non-hydrogen) atoms. The molecule has 1 saturated heterocycles. The lowest BCUT2D eigenvalue weighted by Crippen LogP contribution is -2.48. The van der Waals surface area contributed by atoms with Crippen molar-refractivity contribution in [2.75, 3.05) is 39.8 Å². The maximum absolute atomic E-state index is 12.4. The van der Waals surface area contributed by atoms with E-state index < -0.39 is 0 Å². The van der Waals surface area contributed by atoms with Crippen molar-refractivity contribution in [2.24, 2.45) is 0 Å². The molecule has 2 rings (SSSR count). The lowest BCUT2D eigenvalue weighted by atomic mass is 10.2. The van der Waals surface area contributed by atoms with Gasteiger partial charge in [0, 0.05) is 32.4 Å². The second kappa shape index (κ2) is 6.76. The Hall–Kier alpha value is -1.82. The predicted octanol–water partition coefficient (Wildman–Crippen LogP) is 0.747. The smallest absolute Gasteiger partial charge is 0.355 e. The molecule has 0 radical (unpaired) electrons. The Balaban J connectivity index is 2.06. The fourth-order valence-corrected chi connectivity index (χ4v) is 2.49. The molecule has 0 N–H and O–H groups in total. The standard InChI is InChI=1S/C15H23N3O3/c1-4-21-15(20)14-12(2)5-6-18(14)11-13(19)17-9-7-16(3)8-10-17/h5-6H,4,7-11H2,1-3H3. The third-order valence-electron chi connectivity index (χ3n) is 3.80. The highest BCUT2D eigenvalue weighted by atomic mass is 16.5. The predicted molar refractivity (Wildman–Crippen MR) is 79.2 cm³/mol. The lowest BCUT2D eigenvalue weighted by Gasteiger charge is -2.32. The third-order valence-corrected chi connectivity index (χ3v) is 3.80. The minimum atomic E-state index is -0.369. The summed E-state index contributed by atoms with van der Waals surface area (Å²) < 4.78 is 6.75. The molecule has 0 spiro atoms. The quantitative estimate of drug-likeness (QED) is 0.769. The molecule has 1 aliphatic rings. The van der Waals surface area contributed by atoms with Crippen molar-refractivity contribution in [3.8, 4) is 0 Å². The van der Waals surface area contributed by atoms with Gasteiger partial charge >= 0.3 is 5.97 Å². The van der Waals surface area contributed by atoms with Crippen molar-refractivity contribution >= 4 is 11.9 Å².